The van der Waals surface area contributed by atoms with Gasteiger partial charge in [-0.2, -0.15) is 0 Å². The lowest BCUT2D eigenvalue weighted by molar-refractivity contribution is -0.0623. The van der Waals surface area contributed by atoms with Crippen molar-refractivity contribution in [3.05, 3.63) is 58.6 Å². The standard InChI is InChI=1S/C23H28ClN3O2/c1-29-21-14-20(25)19(24)13-18(21)22(28)26-23-11-5-9-17(10-6-12-23)27(23)15-16-7-3-2-4-8-16/h2-4,7-8,13-14,17H,5-6,9-12,15,25H2,1H3,(H,26,28). The number of carbonyl (C=O) groups excluding carboxylic acids is 1. The average Bonchev–Trinajstić information content (AvgIpc) is 2.71. The summed E-state index contributed by atoms with van der Waals surface area (Å²) in [7, 11) is 1.54. The smallest absolute Gasteiger partial charge is 0.256 e. The molecular formula is C23H28ClN3O2. The minimum atomic E-state index is -0.340. The maximum Gasteiger partial charge on any atom is 0.256 e. The normalized spacial score (nSPS) is 24.1. The Morgan fingerprint density at radius 1 is 1.24 bits per heavy atom. The zero-order valence-corrected chi connectivity index (χ0v) is 17.5. The molecule has 4 rings (SSSR count). The van der Waals surface area contributed by atoms with Gasteiger partial charge in [-0.3, -0.25) is 9.69 Å². The van der Waals surface area contributed by atoms with Gasteiger partial charge >= 0.3 is 0 Å². The van der Waals surface area contributed by atoms with Crippen LogP contribution >= 0.6 is 11.6 Å². The molecule has 0 unspecified atom stereocenters. The second-order valence-corrected chi connectivity index (χ2v) is 8.52. The Morgan fingerprint density at radius 2 is 1.93 bits per heavy atom. The van der Waals surface area contributed by atoms with Crippen LogP contribution in [-0.4, -0.2) is 29.6 Å². The number of hydrogen-bond donors (Lipinski definition) is 2. The molecule has 0 aliphatic carbocycles. The van der Waals surface area contributed by atoms with Crippen LogP contribution in [-0.2, 0) is 6.54 Å². The Bertz CT molecular complexity index is 877. The Kier molecular flexibility index (Phi) is 5.70. The third-order valence-electron chi connectivity index (χ3n) is 6.35. The molecule has 0 saturated carbocycles. The van der Waals surface area contributed by atoms with Crippen molar-refractivity contribution in [2.24, 2.45) is 0 Å². The molecule has 1 amide bonds. The van der Waals surface area contributed by atoms with Crippen LogP contribution in [0.3, 0.4) is 0 Å². The molecule has 5 nitrogen and oxygen atoms in total. The summed E-state index contributed by atoms with van der Waals surface area (Å²) in [4.78, 5) is 15.8. The van der Waals surface area contributed by atoms with Crippen LogP contribution in [0.1, 0.15) is 54.4 Å². The van der Waals surface area contributed by atoms with Crippen molar-refractivity contribution in [2.75, 3.05) is 12.8 Å². The predicted molar refractivity (Wildman–Crippen MR) is 116 cm³/mol. The van der Waals surface area contributed by atoms with Gasteiger partial charge in [0, 0.05) is 18.7 Å². The first-order chi connectivity index (χ1) is 14.0. The van der Waals surface area contributed by atoms with Gasteiger partial charge in [0.2, 0.25) is 0 Å². The number of hydrogen-bond acceptors (Lipinski definition) is 4. The van der Waals surface area contributed by atoms with Gasteiger partial charge in [-0.1, -0.05) is 41.9 Å². The monoisotopic (exact) mass is 413 g/mol. The van der Waals surface area contributed by atoms with Crippen LogP contribution in [0.5, 0.6) is 5.75 Å². The van der Waals surface area contributed by atoms with Crippen LogP contribution in [0.25, 0.3) is 0 Å². The number of ether oxygens (including phenoxy) is 1. The fraction of sp³-hybridized carbons (Fsp3) is 0.435. The second-order valence-electron chi connectivity index (χ2n) is 8.11. The van der Waals surface area contributed by atoms with E-state index in [1.807, 2.05) is 6.07 Å². The minimum Gasteiger partial charge on any atom is -0.496 e. The van der Waals surface area contributed by atoms with E-state index < -0.39 is 0 Å². The van der Waals surface area contributed by atoms with E-state index in [1.165, 1.54) is 25.5 Å². The van der Waals surface area contributed by atoms with Gasteiger partial charge in [0.05, 0.1) is 29.0 Å². The number of nitrogen functional groups attached to an aromatic ring is 1. The first kappa shape index (κ1) is 20.0. The van der Waals surface area contributed by atoms with Crippen molar-refractivity contribution >= 4 is 23.2 Å². The van der Waals surface area contributed by atoms with Gasteiger partial charge in [0.25, 0.3) is 5.91 Å². The molecule has 2 bridgehead atoms. The molecule has 2 aliphatic heterocycles. The number of anilines is 1. The zero-order valence-electron chi connectivity index (χ0n) is 16.8. The van der Waals surface area contributed by atoms with Gasteiger partial charge in [-0.15, -0.1) is 0 Å². The van der Waals surface area contributed by atoms with Crippen molar-refractivity contribution in [3.8, 4) is 5.75 Å². The molecule has 0 spiro atoms. The largest absolute Gasteiger partial charge is 0.496 e. The topological polar surface area (TPSA) is 67.6 Å². The molecule has 6 heteroatoms. The van der Waals surface area contributed by atoms with Gasteiger partial charge in [0.1, 0.15) is 5.75 Å². The van der Waals surface area contributed by atoms with Gasteiger partial charge < -0.3 is 15.8 Å². The zero-order chi connectivity index (χ0) is 20.4. The van der Waals surface area contributed by atoms with Crippen LogP contribution in [0.2, 0.25) is 5.02 Å². The van der Waals surface area contributed by atoms with E-state index >= 15 is 0 Å². The number of methoxy groups -OCH3 is 1. The third kappa shape index (κ3) is 3.94. The number of halogens is 1. The summed E-state index contributed by atoms with van der Waals surface area (Å²) in [6.07, 6.45) is 6.51. The van der Waals surface area contributed by atoms with E-state index in [1.54, 1.807) is 12.1 Å². The van der Waals surface area contributed by atoms with E-state index in [-0.39, 0.29) is 11.6 Å². The first-order valence-electron chi connectivity index (χ1n) is 10.3. The molecule has 2 fully saturated rings. The SMILES string of the molecule is COc1cc(N)c(Cl)cc1C(=O)NC12CCCC(CCC1)N2Cc1ccccc1. The number of nitrogens with zero attached hydrogens (tertiary/aromatic N) is 1. The number of fused-ring (bicyclic) bond motifs is 2. The summed E-state index contributed by atoms with van der Waals surface area (Å²) in [6, 6.07) is 14.2. The molecule has 2 saturated heterocycles. The molecule has 154 valence electrons. The third-order valence-corrected chi connectivity index (χ3v) is 6.68. The van der Waals surface area contributed by atoms with E-state index in [4.69, 9.17) is 22.1 Å². The summed E-state index contributed by atoms with van der Waals surface area (Å²) in [6.45, 7) is 0.839. The van der Waals surface area contributed by atoms with Crippen molar-refractivity contribution in [1.82, 2.24) is 10.2 Å². The number of nitrogens with one attached hydrogen (secondary N) is 1. The van der Waals surface area contributed by atoms with Crippen molar-refractivity contribution < 1.29 is 9.53 Å². The first-order valence-corrected chi connectivity index (χ1v) is 10.7. The van der Waals surface area contributed by atoms with E-state index in [2.05, 4.69) is 34.5 Å². The highest BCUT2D eigenvalue weighted by Crippen LogP contribution is 2.42. The summed E-state index contributed by atoms with van der Waals surface area (Å²) >= 11 is 6.20. The highest BCUT2D eigenvalue weighted by atomic mass is 35.5. The summed E-state index contributed by atoms with van der Waals surface area (Å²) in [5.74, 6) is 0.280. The van der Waals surface area contributed by atoms with E-state index in [0.717, 1.165) is 32.2 Å². The number of piperidine rings is 2. The summed E-state index contributed by atoms with van der Waals surface area (Å²) in [5, 5.41) is 3.74. The van der Waals surface area contributed by atoms with Crippen LogP contribution in [0.4, 0.5) is 5.69 Å². The molecule has 29 heavy (non-hydrogen) atoms. The summed E-state index contributed by atoms with van der Waals surface area (Å²) < 4.78 is 5.40. The minimum absolute atomic E-state index is 0.163. The fourth-order valence-corrected chi connectivity index (χ4v) is 5.09. The number of amides is 1. The molecule has 3 N–H and O–H groups in total. The molecule has 2 heterocycles. The maximum atomic E-state index is 13.3. The lowest BCUT2D eigenvalue weighted by Gasteiger charge is -2.55. The molecule has 0 radical (unpaired) electrons. The van der Waals surface area contributed by atoms with Gasteiger partial charge in [-0.25, -0.2) is 0 Å². The van der Waals surface area contributed by atoms with Gasteiger partial charge in [0.15, 0.2) is 0 Å². The van der Waals surface area contributed by atoms with Gasteiger partial charge in [-0.05, 0) is 50.2 Å². The predicted octanol–water partition coefficient (Wildman–Crippen LogP) is 4.60. The van der Waals surface area contributed by atoms with E-state index in [9.17, 15) is 4.79 Å². The maximum absolute atomic E-state index is 13.3. The number of carbonyl (C=O) groups is 1. The lowest BCUT2D eigenvalue weighted by atomic mass is 9.79. The fourth-order valence-electron chi connectivity index (χ4n) is 4.93. The van der Waals surface area contributed by atoms with Crippen molar-refractivity contribution in [3.63, 3.8) is 0 Å². The lowest BCUT2D eigenvalue weighted by Crippen LogP contribution is -2.67. The second kappa shape index (κ2) is 8.25. The van der Waals surface area contributed by atoms with Crippen molar-refractivity contribution in [1.29, 1.82) is 0 Å². The number of nitrogens with two attached hydrogens (primary N) is 1. The molecule has 2 aromatic carbocycles. The summed E-state index contributed by atoms with van der Waals surface area (Å²) in [5.41, 5.74) is 7.64. The molecule has 2 aliphatic rings. The Labute approximate surface area is 177 Å². The Morgan fingerprint density at radius 3 is 2.59 bits per heavy atom. The molecular weight excluding hydrogens is 386 g/mol. The highest BCUT2D eigenvalue weighted by Gasteiger charge is 2.47. The van der Waals surface area contributed by atoms with Crippen LogP contribution < -0.4 is 15.8 Å². The average molecular weight is 414 g/mol. The highest BCUT2D eigenvalue weighted by molar-refractivity contribution is 6.33. The quantitative estimate of drug-likeness (QED) is 0.703. The van der Waals surface area contributed by atoms with Crippen LogP contribution in [0.15, 0.2) is 42.5 Å². The molecule has 0 aromatic heterocycles. The van der Waals surface area contributed by atoms with Crippen LogP contribution in [0, 0.1) is 0 Å². The molecule has 0 atom stereocenters. The van der Waals surface area contributed by atoms with E-state index in [0.29, 0.717) is 28.1 Å². The van der Waals surface area contributed by atoms with Crippen molar-refractivity contribution in [2.45, 2.75) is 56.8 Å². The number of benzene rings is 2. The Hall–Kier alpha value is -2.24. The molecule has 2 aromatic rings. The number of rotatable bonds is 5. The Balaban J connectivity index is 1.64.